The Labute approximate surface area is 113 Å². The van der Waals surface area contributed by atoms with Gasteiger partial charge in [0, 0.05) is 6.20 Å². The molecule has 3 aromatic heterocycles. The predicted octanol–water partition coefficient (Wildman–Crippen LogP) is 2.90. The maximum absolute atomic E-state index is 8.61. The molecule has 5 nitrogen and oxygen atoms in total. The van der Waals surface area contributed by atoms with Gasteiger partial charge in [-0.15, -0.1) is 11.3 Å². The molecule has 3 aromatic rings. The molecular formula is C13H10N4OS. The lowest BCUT2D eigenvalue weighted by molar-refractivity contribution is 0.380. The van der Waals surface area contributed by atoms with Crippen LogP contribution in [0, 0.1) is 18.3 Å². The number of aromatic nitrogens is 3. The van der Waals surface area contributed by atoms with Gasteiger partial charge in [-0.05, 0) is 23.9 Å². The molecule has 0 amide bonds. The number of rotatable bonds is 3. The molecule has 0 bridgehead atoms. The zero-order valence-electron chi connectivity index (χ0n) is 10.2. The third-order valence-corrected chi connectivity index (χ3v) is 3.74. The molecule has 94 valence electrons. The Hall–Kier alpha value is -2.39. The summed E-state index contributed by atoms with van der Waals surface area (Å²) in [6, 6.07) is 3.85. The zero-order chi connectivity index (χ0) is 13.2. The lowest BCUT2D eigenvalue weighted by atomic mass is 10.2. The molecule has 0 aliphatic carbocycles. The molecule has 0 aliphatic heterocycles. The van der Waals surface area contributed by atoms with E-state index in [0.29, 0.717) is 5.06 Å². The van der Waals surface area contributed by atoms with Crippen molar-refractivity contribution in [3.8, 4) is 22.5 Å². The molecule has 3 rings (SSSR count). The summed E-state index contributed by atoms with van der Waals surface area (Å²) < 4.78 is 5.44. The normalized spacial score (nSPS) is 10.5. The summed E-state index contributed by atoms with van der Waals surface area (Å²) >= 11 is 1.47. The third-order valence-electron chi connectivity index (χ3n) is 2.73. The van der Waals surface area contributed by atoms with Gasteiger partial charge < -0.3 is 9.72 Å². The van der Waals surface area contributed by atoms with Crippen LogP contribution in [0.1, 0.15) is 5.56 Å². The Morgan fingerprint density at radius 2 is 2.42 bits per heavy atom. The highest BCUT2D eigenvalue weighted by molar-refractivity contribution is 7.12. The number of hydrogen-bond donors (Lipinski definition) is 1. The topological polar surface area (TPSA) is 74.6 Å². The molecule has 0 radical (unpaired) electrons. The van der Waals surface area contributed by atoms with E-state index in [2.05, 4.69) is 15.0 Å². The van der Waals surface area contributed by atoms with E-state index in [1.165, 1.54) is 11.3 Å². The van der Waals surface area contributed by atoms with Crippen LogP contribution in [-0.4, -0.2) is 21.6 Å². The molecule has 19 heavy (non-hydrogen) atoms. The number of fused-ring (bicyclic) bond motifs is 1. The lowest BCUT2D eigenvalue weighted by Crippen LogP contribution is -1.93. The quantitative estimate of drug-likeness (QED) is 0.794. The molecule has 0 spiro atoms. The maximum Gasteiger partial charge on any atom is 0.186 e. The van der Waals surface area contributed by atoms with Gasteiger partial charge >= 0.3 is 0 Å². The number of aryl methyl sites for hydroxylation is 1. The molecule has 0 aromatic carbocycles. The first kappa shape index (κ1) is 11.7. The second-order valence-electron chi connectivity index (χ2n) is 4.01. The first-order valence-corrected chi connectivity index (χ1v) is 6.55. The average molecular weight is 270 g/mol. The summed E-state index contributed by atoms with van der Waals surface area (Å²) in [7, 11) is 0. The summed E-state index contributed by atoms with van der Waals surface area (Å²) in [4.78, 5) is 11.8. The lowest BCUT2D eigenvalue weighted by Gasteiger charge is -2.01. The molecule has 3 heterocycles. The van der Waals surface area contributed by atoms with Crippen molar-refractivity contribution in [3.63, 3.8) is 0 Å². The average Bonchev–Trinajstić information content (AvgIpc) is 2.99. The van der Waals surface area contributed by atoms with E-state index >= 15 is 0 Å². The molecule has 0 aliphatic rings. The van der Waals surface area contributed by atoms with Crippen molar-refractivity contribution in [1.29, 1.82) is 5.26 Å². The van der Waals surface area contributed by atoms with Crippen molar-refractivity contribution in [2.24, 2.45) is 0 Å². The van der Waals surface area contributed by atoms with E-state index in [9.17, 15) is 0 Å². The van der Waals surface area contributed by atoms with Gasteiger partial charge in [0.1, 0.15) is 17.4 Å². The predicted molar refractivity (Wildman–Crippen MR) is 73.0 cm³/mol. The van der Waals surface area contributed by atoms with Crippen molar-refractivity contribution < 1.29 is 4.74 Å². The van der Waals surface area contributed by atoms with E-state index in [1.807, 2.05) is 24.4 Å². The second kappa shape index (κ2) is 4.71. The SMILES string of the molecule is Cc1csc(OCC#N)c1-c1nc2cnccc2[nH]1. The molecule has 0 atom stereocenters. The van der Waals surface area contributed by atoms with Gasteiger partial charge in [0.15, 0.2) is 11.7 Å². The minimum atomic E-state index is 0.0364. The fourth-order valence-corrected chi connectivity index (χ4v) is 2.79. The Kier molecular flexibility index (Phi) is 2.89. The number of imidazole rings is 1. The number of ether oxygens (including phenoxy) is 1. The van der Waals surface area contributed by atoms with Gasteiger partial charge in [-0.25, -0.2) is 4.98 Å². The molecule has 0 fully saturated rings. The highest BCUT2D eigenvalue weighted by Crippen LogP contribution is 2.38. The van der Waals surface area contributed by atoms with E-state index in [4.69, 9.17) is 10.00 Å². The molecule has 1 N–H and O–H groups in total. The van der Waals surface area contributed by atoms with Crippen LogP contribution >= 0.6 is 11.3 Å². The van der Waals surface area contributed by atoms with Gasteiger partial charge in [0.2, 0.25) is 0 Å². The van der Waals surface area contributed by atoms with Gasteiger partial charge in [0.25, 0.3) is 0 Å². The van der Waals surface area contributed by atoms with Crippen LogP contribution < -0.4 is 4.74 Å². The minimum Gasteiger partial charge on any atom is -0.468 e. The Balaban J connectivity index is 2.10. The van der Waals surface area contributed by atoms with Crippen LogP contribution in [0.15, 0.2) is 23.8 Å². The Bertz CT molecular complexity index is 735. The standard InChI is InChI=1S/C13H10N4OS/c1-8-7-19-13(18-5-3-14)11(8)12-16-9-2-4-15-6-10(9)17-12/h2,4,6-7H,5H2,1H3,(H,16,17). The highest BCUT2D eigenvalue weighted by Gasteiger charge is 2.16. The third kappa shape index (κ3) is 2.04. The highest BCUT2D eigenvalue weighted by atomic mass is 32.1. The van der Waals surface area contributed by atoms with Crippen molar-refractivity contribution in [2.45, 2.75) is 6.92 Å². The minimum absolute atomic E-state index is 0.0364. The van der Waals surface area contributed by atoms with Crippen LogP contribution in [0.25, 0.3) is 22.4 Å². The van der Waals surface area contributed by atoms with Crippen molar-refractivity contribution in [1.82, 2.24) is 15.0 Å². The number of nitrogens with one attached hydrogen (secondary N) is 1. The number of hydrogen-bond acceptors (Lipinski definition) is 5. The van der Waals surface area contributed by atoms with Crippen molar-refractivity contribution in [3.05, 3.63) is 29.4 Å². The second-order valence-corrected chi connectivity index (χ2v) is 4.85. The summed E-state index contributed by atoms with van der Waals surface area (Å²) in [5.41, 5.74) is 3.73. The summed E-state index contributed by atoms with van der Waals surface area (Å²) in [5.74, 6) is 0.745. The molecule has 0 saturated carbocycles. The van der Waals surface area contributed by atoms with Crippen molar-refractivity contribution in [2.75, 3.05) is 6.61 Å². The number of nitriles is 1. The van der Waals surface area contributed by atoms with Crippen LogP contribution in [0.2, 0.25) is 0 Å². The van der Waals surface area contributed by atoms with Gasteiger partial charge in [-0.2, -0.15) is 5.26 Å². The van der Waals surface area contributed by atoms with E-state index < -0.39 is 0 Å². The molecule has 0 saturated heterocycles. The molecule has 6 heteroatoms. The fraction of sp³-hybridized carbons (Fsp3) is 0.154. The number of thiophene rings is 1. The van der Waals surface area contributed by atoms with E-state index in [-0.39, 0.29) is 6.61 Å². The smallest absolute Gasteiger partial charge is 0.186 e. The van der Waals surface area contributed by atoms with Gasteiger partial charge in [-0.1, -0.05) is 0 Å². The molecule has 0 unspecified atom stereocenters. The first-order valence-electron chi connectivity index (χ1n) is 5.67. The number of pyridine rings is 1. The number of aromatic amines is 1. The fourth-order valence-electron chi connectivity index (χ4n) is 1.88. The van der Waals surface area contributed by atoms with Crippen LogP contribution in [0.4, 0.5) is 0 Å². The van der Waals surface area contributed by atoms with Crippen LogP contribution in [0.3, 0.4) is 0 Å². The Morgan fingerprint density at radius 1 is 1.53 bits per heavy atom. The van der Waals surface area contributed by atoms with Crippen LogP contribution in [0.5, 0.6) is 5.06 Å². The summed E-state index contributed by atoms with van der Waals surface area (Å²) in [6.07, 6.45) is 3.44. The van der Waals surface area contributed by atoms with Crippen molar-refractivity contribution >= 4 is 22.4 Å². The first-order chi connectivity index (χ1) is 9.29. The number of H-pyrrole nitrogens is 1. The summed E-state index contributed by atoms with van der Waals surface area (Å²) in [5, 5.41) is 11.3. The Morgan fingerprint density at radius 3 is 3.21 bits per heavy atom. The maximum atomic E-state index is 8.61. The molecular weight excluding hydrogens is 260 g/mol. The van der Waals surface area contributed by atoms with E-state index in [0.717, 1.165) is 28.0 Å². The van der Waals surface area contributed by atoms with E-state index in [1.54, 1.807) is 12.4 Å². The summed E-state index contributed by atoms with van der Waals surface area (Å²) in [6.45, 7) is 2.03. The van der Waals surface area contributed by atoms with Gasteiger partial charge in [0.05, 0.1) is 17.3 Å². The largest absolute Gasteiger partial charge is 0.468 e. The zero-order valence-corrected chi connectivity index (χ0v) is 11.0. The van der Waals surface area contributed by atoms with Crippen LogP contribution in [-0.2, 0) is 0 Å². The van der Waals surface area contributed by atoms with Gasteiger partial charge in [-0.3, -0.25) is 4.98 Å². The monoisotopic (exact) mass is 270 g/mol. The number of nitrogens with zero attached hydrogens (tertiary/aromatic N) is 3.